The summed E-state index contributed by atoms with van der Waals surface area (Å²) in [7, 11) is 0. The van der Waals surface area contributed by atoms with Gasteiger partial charge in [0.15, 0.2) is 0 Å². The second-order valence-corrected chi connectivity index (χ2v) is 4.50. The first-order chi connectivity index (χ1) is 10.2. The Morgan fingerprint density at radius 1 is 1.23 bits per heavy atom. The van der Waals surface area contributed by atoms with Crippen LogP contribution >= 0.6 is 0 Å². The van der Waals surface area contributed by atoms with Gasteiger partial charge < -0.3 is 10.4 Å². The van der Waals surface area contributed by atoms with Gasteiger partial charge in [0.05, 0.1) is 11.1 Å². The van der Waals surface area contributed by atoms with E-state index < -0.39 is 47.4 Å². The summed E-state index contributed by atoms with van der Waals surface area (Å²) in [5.41, 5.74) is -1.86. The van der Waals surface area contributed by atoms with Crippen LogP contribution in [0.3, 0.4) is 0 Å². The molecule has 5 nitrogen and oxygen atoms in total. The number of hydrogen-bond acceptors (Lipinski definition) is 3. The predicted octanol–water partition coefficient (Wildman–Crippen LogP) is 2.26. The number of carbonyl (C=O) groups excluding carboxylic acids is 2. The van der Waals surface area contributed by atoms with Crippen LogP contribution in [0.25, 0.3) is 0 Å². The number of hydrogen-bond donors (Lipinski definition) is 2. The lowest BCUT2D eigenvalue weighted by molar-refractivity contribution is -0.141. The van der Waals surface area contributed by atoms with Crippen molar-refractivity contribution in [1.29, 1.82) is 0 Å². The number of carboxylic acids is 1. The number of Topliss-reactive ketones (excluding diaryl/α,β-unsaturated/α-hetero) is 1. The minimum Gasteiger partial charge on any atom is -0.480 e. The van der Waals surface area contributed by atoms with E-state index in [0.717, 1.165) is 18.2 Å². The molecule has 0 saturated carbocycles. The number of ketones is 1. The molecule has 0 fully saturated rings. The fraction of sp³-hybridized carbons (Fsp3) is 0.357. The van der Waals surface area contributed by atoms with Gasteiger partial charge in [-0.2, -0.15) is 13.2 Å². The highest BCUT2D eigenvalue weighted by molar-refractivity contribution is 5.99. The van der Waals surface area contributed by atoms with E-state index in [1.807, 2.05) is 5.32 Å². The maximum Gasteiger partial charge on any atom is 0.417 e. The minimum atomic E-state index is -4.74. The summed E-state index contributed by atoms with van der Waals surface area (Å²) in [5, 5.41) is 10.9. The average molecular weight is 317 g/mol. The number of nitrogens with one attached hydrogen (secondary N) is 1. The van der Waals surface area contributed by atoms with Gasteiger partial charge in [0.25, 0.3) is 5.91 Å². The van der Waals surface area contributed by atoms with Crippen LogP contribution < -0.4 is 5.32 Å². The molecule has 1 unspecified atom stereocenters. The third-order valence-corrected chi connectivity index (χ3v) is 2.91. The summed E-state index contributed by atoms with van der Waals surface area (Å²) < 4.78 is 38.5. The Morgan fingerprint density at radius 2 is 1.82 bits per heavy atom. The van der Waals surface area contributed by atoms with Crippen LogP contribution in [-0.2, 0) is 15.8 Å². The Bertz CT molecular complexity index is 584. The standard InChI is InChI=1S/C14H14F3NO4/c1-2-8(19)7-11(13(21)22)18-12(20)9-5-3-4-6-10(9)14(15,16)17/h3-6,11H,2,7H2,1H3,(H,18,20)(H,21,22). The Labute approximate surface area is 124 Å². The quantitative estimate of drug-likeness (QED) is 0.843. The van der Waals surface area contributed by atoms with Crippen molar-refractivity contribution in [3.63, 3.8) is 0 Å². The van der Waals surface area contributed by atoms with Crippen LogP contribution in [0.4, 0.5) is 13.2 Å². The first-order valence-electron chi connectivity index (χ1n) is 6.38. The minimum absolute atomic E-state index is 0.0682. The third-order valence-electron chi connectivity index (χ3n) is 2.91. The fourth-order valence-electron chi connectivity index (χ4n) is 1.74. The third kappa shape index (κ3) is 4.57. The van der Waals surface area contributed by atoms with E-state index in [1.165, 1.54) is 13.0 Å². The molecule has 0 saturated heterocycles. The zero-order valence-electron chi connectivity index (χ0n) is 11.6. The topological polar surface area (TPSA) is 83.5 Å². The van der Waals surface area contributed by atoms with Crippen LogP contribution in [0.1, 0.15) is 35.7 Å². The molecule has 0 aromatic heterocycles. The van der Waals surface area contributed by atoms with Gasteiger partial charge >= 0.3 is 12.1 Å². The van der Waals surface area contributed by atoms with Crippen molar-refractivity contribution in [2.24, 2.45) is 0 Å². The van der Waals surface area contributed by atoms with E-state index in [2.05, 4.69) is 0 Å². The summed E-state index contributed by atoms with van der Waals surface area (Å²) in [6.07, 6.45) is -5.16. The highest BCUT2D eigenvalue weighted by atomic mass is 19.4. The molecule has 120 valence electrons. The van der Waals surface area contributed by atoms with Crippen molar-refractivity contribution < 1.29 is 32.7 Å². The molecule has 0 bridgehead atoms. The van der Waals surface area contributed by atoms with Crippen molar-refractivity contribution in [3.05, 3.63) is 35.4 Å². The Morgan fingerprint density at radius 3 is 2.32 bits per heavy atom. The van der Waals surface area contributed by atoms with Crippen LogP contribution in [0.5, 0.6) is 0 Å². The molecule has 1 atom stereocenters. The number of carboxylic acid groups (broad SMARTS) is 1. The highest BCUT2D eigenvalue weighted by Gasteiger charge is 2.35. The van der Waals surface area contributed by atoms with E-state index in [1.54, 1.807) is 0 Å². The van der Waals surface area contributed by atoms with E-state index in [4.69, 9.17) is 5.11 Å². The number of aliphatic carboxylic acids is 1. The number of benzene rings is 1. The molecule has 1 aromatic carbocycles. The average Bonchev–Trinajstić information content (AvgIpc) is 2.45. The second-order valence-electron chi connectivity index (χ2n) is 4.50. The molecule has 0 aliphatic heterocycles. The summed E-state index contributed by atoms with van der Waals surface area (Å²) >= 11 is 0. The van der Waals surface area contributed by atoms with Crippen LogP contribution in [-0.4, -0.2) is 28.8 Å². The molecule has 2 N–H and O–H groups in total. The lowest BCUT2D eigenvalue weighted by atomic mass is 10.0. The summed E-state index contributed by atoms with van der Waals surface area (Å²) in [6.45, 7) is 1.52. The maximum absolute atomic E-state index is 12.8. The van der Waals surface area contributed by atoms with Gasteiger partial charge in [0.2, 0.25) is 0 Å². The van der Waals surface area contributed by atoms with Crippen molar-refractivity contribution in [1.82, 2.24) is 5.32 Å². The molecule has 1 aromatic rings. The van der Waals surface area contributed by atoms with Gasteiger partial charge in [-0.1, -0.05) is 19.1 Å². The zero-order chi connectivity index (χ0) is 16.9. The Hall–Kier alpha value is -2.38. The van der Waals surface area contributed by atoms with Crippen molar-refractivity contribution in [2.75, 3.05) is 0 Å². The van der Waals surface area contributed by atoms with E-state index in [-0.39, 0.29) is 6.42 Å². The summed E-state index contributed by atoms with van der Waals surface area (Å²) in [6, 6.07) is 2.45. The van der Waals surface area contributed by atoms with Gasteiger partial charge in [-0.3, -0.25) is 9.59 Å². The molecule has 8 heteroatoms. The lowest BCUT2D eigenvalue weighted by Gasteiger charge is -2.16. The van der Waals surface area contributed by atoms with Gasteiger partial charge in [-0.15, -0.1) is 0 Å². The van der Waals surface area contributed by atoms with Gasteiger partial charge in [0.1, 0.15) is 11.8 Å². The Balaban J connectivity index is 3.01. The lowest BCUT2D eigenvalue weighted by Crippen LogP contribution is -2.42. The molecule has 1 amide bonds. The number of amides is 1. The van der Waals surface area contributed by atoms with Crippen molar-refractivity contribution >= 4 is 17.7 Å². The largest absolute Gasteiger partial charge is 0.480 e. The first kappa shape index (κ1) is 17.7. The summed E-state index contributed by atoms with van der Waals surface area (Å²) in [5.74, 6) is -3.10. The molecule has 22 heavy (non-hydrogen) atoms. The second kappa shape index (κ2) is 7.06. The smallest absolute Gasteiger partial charge is 0.417 e. The van der Waals surface area contributed by atoms with Crippen LogP contribution in [0, 0.1) is 0 Å². The summed E-state index contributed by atoms with van der Waals surface area (Å²) in [4.78, 5) is 34.2. The van der Waals surface area contributed by atoms with Crippen LogP contribution in [0.2, 0.25) is 0 Å². The molecule has 0 spiro atoms. The molecule has 0 radical (unpaired) electrons. The first-order valence-corrected chi connectivity index (χ1v) is 6.38. The molecule has 0 aliphatic carbocycles. The molecular weight excluding hydrogens is 303 g/mol. The monoisotopic (exact) mass is 317 g/mol. The predicted molar refractivity (Wildman–Crippen MR) is 70.2 cm³/mol. The van der Waals surface area contributed by atoms with E-state index in [0.29, 0.717) is 0 Å². The maximum atomic E-state index is 12.8. The normalized spacial score (nSPS) is 12.5. The van der Waals surface area contributed by atoms with Gasteiger partial charge in [0, 0.05) is 12.8 Å². The molecule has 0 heterocycles. The van der Waals surface area contributed by atoms with Gasteiger partial charge in [-0.25, -0.2) is 4.79 Å². The van der Waals surface area contributed by atoms with Gasteiger partial charge in [-0.05, 0) is 12.1 Å². The van der Waals surface area contributed by atoms with Crippen molar-refractivity contribution in [3.8, 4) is 0 Å². The highest BCUT2D eigenvalue weighted by Crippen LogP contribution is 2.31. The van der Waals surface area contributed by atoms with Crippen LogP contribution in [0.15, 0.2) is 24.3 Å². The fourth-order valence-corrected chi connectivity index (χ4v) is 1.74. The number of rotatable bonds is 6. The van der Waals surface area contributed by atoms with Crippen molar-refractivity contribution in [2.45, 2.75) is 32.0 Å². The molecular formula is C14H14F3NO4. The molecule has 1 rings (SSSR count). The number of carbonyl (C=O) groups is 3. The number of alkyl halides is 3. The Kier molecular flexibility index (Phi) is 5.67. The van der Waals surface area contributed by atoms with E-state index >= 15 is 0 Å². The zero-order valence-corrected chi connectivity index (χ0v) is 11.6. The SMILES string of the molecule is CCC(=O)CC(NC(=O)c1ccccc1C(F)(F)F)C(=O)O. The van der Waals surface area contributed by atoms with E-state index in [9.17, 15) is 27.6 Å². The molecule has 0 aliphatic rings. The number of halogens is 3.